The Morgan fingerprint density at radius 1 is 1.04 bits per heavy atom. The number of rotatable bonds is 7. The summed E-state index contributed by atoms with van der Waals surface area (Å²) >= 11 is 0. The van der Waals surface area contributed by atoms with Crippen LogP contribution in [0, 0.1) is 28.8 Å². The van der Waals surface area contributed by atoms with Crippen LogP contribution in [0.15, 0.2) is 66.7 Å². The van der Waals surface area contributed by atoms with Gasteiger partial charge in [0.15, 0.2) is 11.5 Å². The molecule has 0 amide bonds. The minimum Gasteiger partial charge on any atom is -0.478 e. The standard InChI is InChI=1S/C34H24F3N3O5/c1-34(24-7-5-18(16-38)11-27(24)37)44-30-4-2-3-22(32(30)45-34)23-15-25(35)20(12-26(23)36)14-31-39-28-8-6-19(33(41)42)13-29(28)40(31)17-21-9-10-43-21/h2-8,11-13,15,21H,9-10,14,17H2,1H3,(H,41,42)/t21-,34?/m0/s1. The first-order chi connectivity index (χ1) is 21.6. The molecule has 226 valence electrons. The molecule has 1 saturated heterocycles. The van der Waals surface area contributed by atoms with Gasteiger partial charge in [-0.25, -0.2) is 22.9 Å². The summed E-state index contributed by atoms with van der Waals surface area (Å²) in [7, 11) is 0. The van der Waals surface area contributed by atoms with E-state index in [1.807, 2.05) is 6.07 Å². The summed E-state index contributed by atoms with van der Waals surface area (Å²) in [6, 6.07) is 17.2. The van der Waals surface area contributed by atoms with Crippen LogP contribution in [-0.4, -0.2) is 33.3 Å². The average Bonchev–Trinajstić information content (AvgIpc) is 3.52. The predicted molar refractivity (Wildman–Crippen MR) is 155 cm³/mol. The van der Waals surface area contributed by atoms with E-state index in [0.29, 0.717) is 30.0 Å². The van der Waals surface area contributed by atoms with Crippen LogP contribution in [0.2, 0.25) is 0 Å². The summed E-state index contributed by atoms with van der Waals surface area (Å²) in [6.45, 7) is 2.51. The maximum Gasteiger partial charge on any atom is 0.335 e. The van der Waals surface area contributed by atoms with Crippen LogP contribution in [0.25, 0.3) is 22.2 Å². The van der Waals surface area contributed by atoms with Gasteiger partial charge in [-0.2, -0.15) is 5.26 Å². The van der Waals surface area contributed by atoms with Crippen LogP contribution in [0.4, 0.5) is 13.2 Å². The zero-order chi connectivity index (χ0) is 31.5. The second kappa shape index (κ2) is 10.7. The Bertz CT molecular complexity index is 2070. The monoisotopic (exact) mass is 611 g/mol. The molecule has 7 rings (SSSR count). The number of imidazole rings is 1. The lowest BCUT2D eigenvalue weighted by Gasteiger charge is -2.27. The molecule has 2 aliphatic heterocycles. The fraction of sp³-hybridized carbons (Fsp3) is 0.206. The number of aromatic carboxylic acids is 1. The number of hydrogen-bond donors (Lipinski definition) is 1. The van der Waals surface area contributed by atoms with Crippen molar-refractivity contribution in [3.63, 3.8) is 0 Å². The van der Waals surface area contributed by atoms with Crippen LogP contribution in [0.1, 0.15) is 46.2 Å². The van der Waals surface area contributed by atoms with E-state index in [1.54, 1.807) is 28.8 Å². The lowest BCUT2D eigenvalue weighted by molar-refractivity contribution is -0.0705. The number of ether oxygens (including phenoxy) is 3. The van der Waals surface area contributed by atoms with Crippen molar-refractivity contribution in [2.45, 2.75) is 38.2 Å². The number of para-hydroxylation sites is 1. The molecule has 8 nitrogen and oxygen atoms in total. The summed E-state index contributed by atoms with van der Waals surface area (Å²) in [5.41, 5.74) is 1.54. The number of hydrogen-bond acceptors (Lipinski definition) is 6. The van der Waals surface area contributed by atoms with E-state index in [1.165, 1.54) is 31.2 Å². The average molecular weight is 612 g/mol. The summed E-state index contributed by atoms with van der Waals surface area (Å²) in [4.78, 5) is 16.2. The van der Waals surface area contributed by atoms with Gasteiger partial charge in [0.2, 0.25) is 0 Å². The number of nitriles is 1. The molecule has 1 N–H and O–H groups in total. The van der Waals surface area contributed by atoms with Gasteiger partial charge in [-0.15, -0.1) is 0 Å². The lowest BCUT2D eigenvalue weighted by Crippen LogP contribution is -2.32. The van der Waals surface area contributed by atoms with Crippen LogP contribution in [0.3, 0.4) is 0 Å². The van der Waals surface area contributed by atoms with Crippen molar-refractivity contribution in [3.05, 3.63) is 112 Å². The topological polar surface area (TPSA) is 107 Å². The first-order valence-corrected chi connectivity index (χ1v) is 14.2. The van der Waals surface area contributed by atoms with Crippen LogP contribution in [-0.2, 0) is 23.5 Å². The second-order valence-electron chi connectivity index (χ2n) is 11.1. The van der Waals surface area contributed by atoms with Gasteiger partial charge < -0.3 is 23.9 Å². The van der Waals surface area contributed by atoms with Crippen molar-refractivity contribution < 1.29 is 37.3 Å². The predicted octanol–water partition coefficient (Wildman–Crippen LogP) is 6.71. The highest BCUT2D eigenvalue weighted by molar-refractivity contribution is 5.92. The summed E-state index contributed by atoms with van der Waals surface area (Å²) in [6.07, 6.45) is 0.666. The zero-order valence-electron chi connectivity index (χ0n) is 23.8. The SMILES string of the molecule is CC1(c2ccc(C#N)cc2F)Oc2cccc(-c3cc(F)c(Cc4nc5ccc(C(=O)O)cc5n4C[C@@H]4CCO4)cc3F)c2O1. The fourth-order valence-corrected chi connectivity index (χ4v) is 5.78. The van der Waals surface area contributed by atoms with Gasteiger partial charge >= 0.3 is 5.97 Å². The Morgan fingerprint density at radius 2 is 1.87 bits per heavy atom. The number of halogens is 3. The van der Waals surface area contributed by atoms with Crippen molar-refractivity contribution in [2.24, 2.45) is 0 Å². The molecule has 0 saturated carbocycles. The fourth-order valence-electron chi connectivity index (χ4n) is 5.78. The van der Waals surface area contributed by atoms with Gasteiger partial charge in [-0.1, -0.05) is 12.1 Å². The molecule has 1 aromatic heterocycles. The van der Waals surface area contributed by atoms with Crippen molar-refractivity contribution in [3.8, 4) is 28.7 Å². The lowest BCUT2D eigenvalue weighted by atomic mass is 10.00. The Labute approximate surface area is 254 Å². The number of fused-ring (bicyclic) bond motifs is 2. The third-order valence-corrected chi connectivity index (χ3v) is 8.20. The molecule has 3 heterocycles. The molecule has 1 fully saturated rings. The first kappa shape index (κ1) is 28.4. The molecule has 5 aromatic rings. The van der Waals surface area contributed by atoms with E-state index in [4.69, 9.17) is 19.5 Å². The Hall–Kier alpha value is -5.34. The van der Waals surface area contributed by atoms with Gasteiger partial charge in [-0.3, -0.25) is 0 Å². The van der Waals surface area contributed by atoms with Gasteiger partial charge in [0, 0.05) is 31.1 Å². The molecule has 4 aromatic carbocycles. The highest BCUT2D eigenvalue weighted by Crippen LogP contribution is 2.50. The number of carboxylic acid groups (broad SMARTS) is 1. The van der Waals surface area contributed by atoms with E-state index in [-0.39, 0.29) is 57.4 Å². The summed E-state index contributed by atoms with van der Waals surface area (Å²) < 4.78 is 65.9. The molecule has 0 aliphatic carbocycles. The Kier molecular flexibility index (Phi) is 6.75. The molecule has 45 heavy (non-hydrogen) atoms. The van der Waals surface area contributed by atoms with Gasteiger partial charge in [0.05, 0.1) is 46.4 Å². The third-order valence-electron chi connectivity index (χ3n) is 8.20. The normalized spacial score (nSPS) is 18.5. The van der Waals surface area contributed by atoms with Crippen molar-refractivity contribution in [1.82, 2.24) is 9.55 Å². The van der Waals surface area contributed by atoms with Gasteiger partial charge in [-0.05, 0) is 66.6 Å². The molecule has 2 atom stereocenters. The Balaban J connectivity index is 1.23. The van der Waals surface area contributed by atoms with Gasteiger partial charge in [0.1, 0.15) is 23.3 Å². The highest BCUT2D eigenvalue weighted by Gasteiger charge is 2.42. The van der Waals surface area contributed by atoms with Crippen molar-refractivity contribution in [1.29, 1.82) is 5.26 Å². The number of aromatic nitrogens is 2. The quantitative estimate of drug-likeness (QED) is 0.218. The van der Waals surface area contributed by atoms with E-state index < -0.39 is 29.2 Å². The molecule has 1 unspecified atom stereocenters. The van der Waals surface area contributed by atoms with E-state index in [0.717, 1.165) is 24.6 Å². The number of benzene rings is 4. The minimum atomic E-state index is -1.62. The number of nitrogens with zero attached hydrogens (tertiary/aromatic N) is 3. The second-order valence-corrected chi connectivity index (χ2v) is 11.1. The van der Waals surface area contributed by atoms with Crippen molar-refractivity contribution in [2.75, 3.05) is 6.61 Å². The van der Waals surface area contributed by atoms with E-state index in [2.05, 4.69) is 4.98 Å². The maximum absolute atomic E-state index is 15.8. The summed E-state index contributed by atoms with van der Waals surface area (Å²) in [5, 5.41) is 18.6. The van der Waals surface area contributed by atoms with E-state index >= 15 is 8.78 Å². The molecule has 0 radical (unpaired) electrons. The minimum absolute atomic E-state index is 0.0383. The smallest absolute Gasteiger partial charge is 0.335 e. The molecule has 11 heteroatoms. The van der Waals surface area contributed by atoms with Crippen LogP contribution >= 0.6 is 0 Å². The highest BCUT2D eigenvalue weighted by atomic mass is 19.1. The van der Waals surface area contributed by atoms with E-state index in [9.17, 15) is 14.3 Å². The first-order valence-electron chi connectivity index (χ1n) is 14.2. The largest absolute Gasteiger partial charge is 0.478 e. The van der Waals surface area contributed by atoms with Crippen LogP contribution in [0.5, 0.6) is 11.5 Å². The number of carboxylic acids is 1. The molecule has 2 aliphatic rings. The summed E-state index contributed by atoms with van der Waals surface area (Å²) in [5.74, 6) is -4.04. The van der Waals surface area contributed by atoms with Crippen LogP contribution < -0.4 is 9.47 Å². The maximum atomic E-state index is 15.8. The Morgan fingerprint density at radius 3 is 2.58 bits per heavy atom. The zero-order valence-corrected chi connectivity index (χ0v) is 23.8. The third kappa shape index (κ3) is 4.93. The molecular formula is C34H24F3N3O5. The molecule has 0 spiro atoms. The van der Waals surface area contributed by atoms with Gasteiger partial charge in [0.25, 0.3) is 5.79 Å². The van der Waals surface area contributed by atoms with Crippen molar-refractivity contribution >= 4 is 17.0 Å². The number of carbonyl (C=O) groups is 1. The molecule has 0 bridgehead atoms. The molecular weight excluding hydrogens is 587 g/mol.